The Bertz CT molecular complexity index is 505. The molecule has 0 saturated carbocycles. The third kappa shape index (κ3) is 2.06. The molecule has 0 saturated heterocycles. The van der Waals surface area contributed by atoms with E-state index in [9.17, 15) is 4.79 Å². The van der Waals surface area contributed by atoms with Gasteiger partial charge in [-0.25, -0.2) is 0 Å². The second kappa shape index (κ2) is 4.68. The minimum absolute atomic E-state index is 0.0595. The molecular formula is C13H10Br2O. The SMILES string of the molecule is Cc1cc(C(=O)C(Br)Br)c2cccccc1-2. The fraction of sp³-hybridized carbons (Fsp3) is 0.154. The molecule has 82 valence electrons. The smallest absolute Gasteiger partial charge is 0.187 e. The molecule has 0 aromatic heterocycles. The largest absolute Gasteiger partial charge is 0.292 e. The Hall–Kier alpha value is -0.670. The average Bonchev–Trinajstić information content (AvgIpc) is 2.45. The zero-order chi connectivity index (χ0) is 11.7. The summed E-state index contributed by atoms with van der Waals surface area (Å²) in [5.41, 5.74) is 4.04. The Morgan fingerprint density at radius 1 is 1.12 bits per heavy atom. The lowest BCUT2D eigenvalue weighted by Crippen LogP contribution is -2.06. The molecule has 0 radical (unpaired) electrons. The van der Waals surface area contributed by atoms with Gasteiger partial charge in [0.25, 0.3) is 0 Å². The molecule has 0 aromatic carbocycles. The van der Waals surface area contributed by atoms with Crippen molar-refractivity contribution in [2.24, 2.45) is 0 Å². The predicted octanol–water partition coefficient (Wildman–Crippen LogP) is 4.40. The summed E-state index contributed by atoms with van der Waals surface area (Å²) in [6, 6.07) is 11.9. The maximum Gasteiger partial charge on any atom is 0.187 e. The molecule has 2 aliphatic rings. The van der Waals surface area contributed by atoms with Crippen LogP contribution in [0.15, 0.2) is 36.4 Å². The Morgan fingerprint density at radius 3 is 2.38 bits per heavy atom. The molecule has 0 fully saturated rings. The van der Waals surface area contributed by atoms with E-state index in [1.807, 2.05) is 43.3 Å². The number of hydrogen-bond donors (Lipinski definition) is 0. The van der Waals surface area contributed by atoms with Gasteiger partial charge in [-0.2, -0.15) is 0 Å². The van der Waals surface area contributed by atoms with Gasteiger partial charge in [-0.05, 0) is 29.7 Å². The molecule has 2 rings (SSSR count). The minimum Gasteiger partial charge on any atom is -0.292 e. The van der Waals surface area contributed by atoms with Crippen molar-refractivity contribution < 1.29 is 4.79 Å². The highest BCUT2D eigenvalue weighted by Gasteiger charge is 2.21. The quantitative estimate of drug-likeness (QED) is 0.584. The Labute approximate surface area is 111 Å². The summed E-state index contributed by atoms with van der Waals surface area (Å²) >= 11 is 6.50. The second-order valence-electron chi connectivity index (χ2n) is 3.64. The van der Waals surface area contributed by atoms with E-state index in [2.05, 4.69) is 31.9 Å². The molecule has 0 N–H and O–H groups in total. The molecule has 0 unspecified atom stereocenters. The summed E-state index contributed by atoms with van der Waals surface area (Å²) in [7, 11) is 0. The van der Waals surface area contributed by atoms with Crippen molar-refractivity contribution in [1.29, 1.82) is 0 Å². The molecule has 0 amide bonds. The lowest BCUT2D eigenvalue weighted by Gasteiger charge is -2.01. The normalized spacial score (nSPS) is 11.0. The van der Waals surface area contributed by atoms with Crippen molar-refractivity contribution >= 4 is 37.6 Å². The van der Waals surface area contributed by atoms with E-state index in [0.29, 0.717) is 0 Å². The van der Waals surface area contributed by atoms with Crippen molar-refractivity contribution in [2.45, 2.75) is 10.7 Å². The number of alkyl halides is 2. The maximum atomic E-state index is 12.0. The van der Waals surface area contributed by atoms with Crippen molar-refractivity contribution in [3.05, 3.63) is 47.5 Å². The van der Waals surface area contributed by atoms with Gasteiger partial charge < -0.3 is 0 Å². The first-order valence-electron chi connectivity index (χ1n) is 4.92. The topological polar surface area (TPSA) is 17.1 Å². The molecule has 3 heteroatoms. The van der Waals surface area contributed by atoms with Gasteiger partial charge in [-0.1, -0.05) is 62.2 Å². The van der Waals surface area contributed by atoms with E-state index in [1.165, 1.54) is 0 Å². The van der Waals surface area contributed by atoms with Crippen molar-refractivity contribution in [2.75, 3.05) is 0 Å². The average molecular weight is 342 g/mol. The number of carbonyl (C=O) groups excluding carboxylic acids is 1. The number of carbonyl (C=O) groups is 1. The van der Waals surface area contributed by atoms with Crippen molar-refractivity contribution in [3.63, 3.8) is 0 Å². The highest BCUT2D eigenvalue weighted by atomic mass is 79.9. The Balaban J connectivity index is 2.63. The standard InChI is InChI=1S/C13H10Br2O/c1-8-7-11(12(16)13(14)15)10-6-4-2-3-5-9(8)10/h2-7,13H,1H3. The van der Waals surface area contributed by atoms with Crippen LogP contribution in [0.1, 0.15) is 15.9 Å². The van der Waals surface area contributed by atoms with Crippen LogP contribution < -0.4 is 0 Å². The summed E-state index contributed by atoms with van der Waals surface area (Å²) in [6.45, 7) is 2.02. The summed E-state index contributed by atoms with van der Waals surface area (Å²) in [6.07, 6.45) is 0. The number of Topliss-reactive ketones (excluding diaryl/α,β-unsaturated/α-hetero) is 1. The highest BCUT2D eigenvalue weighted by molar-refractivity contribution is 9.25. The van der Waals surface area contributed by atoms with Crippen LogP contribution in [0, 0.1) is 6.92 Å². The van der Waals surface area contributed by atoms with Gasteiger partial charge in [0.15, 0.2) is 5.78 Å². The van der Waals surface area contributed by atoms with Gasteiger partial charge in [0.2, 0.25) is 0 Å². The molecule has 0 aromatic rings. The first-order chi connectivity index (χ1) is 7.61. The van der Waals surface area contributed by atoms with Gasteiger partial charge in [0.1, 0.15) is 3.74 Å². The first-order valence-corrected chi connectivity index (χ1v) is 6.75. The zero-order valence-electron chi connectivity index (χ0n) is 8.71. The number of hydrogen-bond acceptors (Lipinski definition) is 1. The molecule has 0 aliphatic heterocycles. The van der Waals surface area contributed by atoms with Crippen LogP contribution in [0.2, 0.25) is 0 Å². The van der Waals surface area contributed by atoms with Crippen LogP contribution >= 0.6 is 31.9 Å². The molecule has 2 aliphatic carbocycles. The molecule has 0 heterocycles. The summed E-state index contributed by atoms with van der Waals surface area (Å²) in [5.74, 6) is 0.0595. The van der Waals surface area contributed by atoms with Crippen LogP contribution in [-0.2, 0) is 0 Å². The van der Waals surface area contributed by atoms with E-state index < -0.39 is 0 Å². The number of ketones is 1. The Morgan fingerprint density at radius 2 is 1.75 bits per heavy atom. The third-order valence-electron chi connectivity index (χ3n) is 2.58. The van der Waals surface area contributed by atoms with E-state index in [4.69, 9.17) is 0 Å². The van der Waals surface area contributed by atoms with Crippen LogP contribution in [0.3, 0.4) is 0 Å². The van der Waals surface area contributed by atoms with Crippen LogP contribution in [-0.4, -0.2) is 9.52 Å². The number of halogens is 2. The molecule has 16 heavy (non-hydrogen) atoms. The number of fused-ring (bicyclic) bond motifs is 1. The van der Waals surface area contributed by atoms with Gasteiger partial charge >= 0.3 is 0 Å². The van der Waals surface area contributed by atoms with Crippen molar-refractivity contribution in [3.8, 4) is 11.1 Å². The van der Waals surface area contributed by atoms with Gasteiger partial charge in [-0.15, -0.1) is 0 Å². The molecular weight excluding hydrogens is 332 g/mol. The lowest BCUT2D eigenvalue weighted by molar-refractivity contribution is 0.101. The van der Waals surface area contributed by atoms with Crippen LogP contribution in [0.5, 0.6) is 0 Å². The molecule has 1 nitrogen and oxygen atoms in total. The summed E-state index contributed by atoms with van der Waals surface area (Å²) < 4.78 is -0.324. The minimum atomic E-state index is -0.324. The second-order valence-corrected chi connectivity index (χ2v) is 6.70. The van der Waals surface area contributed by atoms with E-state index in [1.54, 1.807) is 0 Å². The summed E-state index contributed by atoms with van der Waals surface area (Å²) in [4.78, 5) is 12.0. The molecule has 0 atom stereocenters. The van der Waals surface area contributed by atoms with E-state index in [0.717, 1.165) is 22.3 Å². The van der Waals surface area contributed by atoms with Gasteiger partial charge in [0.05, 0.1) is 0 Å². The number of rotatable bonds is 2. The predicted molar refractivity (Wildman–Crippen MR) is 73.8 cm³/mol. The van der Waals surface area contributed by atoms with E-state index in [-0.39, 0.29) is 9.52 Å². The first kappa shape index (κ1) is 11.8. The Kier molecular flexibility index (Phi) is 3.45. The lowest BCUT2D eigenvalue weighted by atomic mass is 10.1. The monoisotopic (exact) mass is 340 g/mol. The number of aryl methyl sites for hydroxylation is 1. The van der Waals surface area contributed by atoms with E-state index >= 15 is 0 Å². The third-order valence-corrected chi connectivity index (χ3v) is 3.41. The van der Waals surface area contributed by atoms with Crippen molar-refractivity contribution in [1.82, 2.24) is 0 Å². The van der Waals surface area contributed by atoms with Gasteiger partial charge in [-0.3, -0.25) is 4.79 Å². The zero-order valence-corrected chi connectivity index (χ0v) is 11.9. The molecule has 0 spiro atoms. The fourth-order valence-electron chi connectivity index (χ4n) is 1.82. The van der Waals surface area contributed by atoms with Gasteiger partial charge in [0, 0.05) is 5.56 Å². The fourth-order valence-corrected chi connectivity index (χ4v) is 2.31. The highest BCUT2D eigenvalue weighted by Crippen LogP contribution is 2.33. The molecule has 0 bridgehead atoms. The summed E-state index contributed by atoms with van der Waals surface area (Å²) in [5, 5.41) is 0. The van der Waals surface area contributed by atoms with Crippen LogP contribution in [0.4, 0.5) is 0 Å². The van der Waals surface area contributed by atoms with Crippen LogP contribution in [0.25, 0.3) is 11.1 Å². The maximum absolute atomic E-state index is 12.0.